The highest BCUT2D eigenvalue weighted by molar-refractivity contribution is 5.66. The third-order valence-electron chi connectivity index (χ3n) is 3.97. The standard InChI is InChI=1S/C15H24N2O3/c1-11-8-14(12(2)20-11)10-17-6-4-13(5-7-17)9-16-15(18)19-3/h8,13H,4-7,9-10H2,1-3H3,(H,16,18). The lowest BCUT2D eigenvalue weighted by Crippen LogP contribution is -2.38. The molecule has 0 bridgehead atoms. The van der Waals surface area contributed by atoms with Gasteiger partial charge >= 0.3 is 6.09 Å². The number of hydrogen-bond donors (Lipinski definition) is 1. The van der Waals surface area contributed by atoms with Crippen LogP contribution in [-0.2, 0) is 11.3 Å². The summed E-state index contributed by atoms with van der Waals surface area (Å²) in [4.78, 5) is 13.5. The summed E-state index contributed by atoms with van der Waals surface area (Å²) in [5, 5.41) is 2.78. The maximum atomic E-state index is 11.0. The minimum absolute atomic E-state index is 0.336. The molecule has 0 spiro atoms. The Morgan fingerprint density at radius 1 is 1.45 bits per heavy atom. The van der Waals surface area contributed by atoms with Crippen LogP contribution in [0.3, 0.4) is 0 Å². The van der Waals surface area contributed by atoms with Gasteiger partial charge in [-0.2, -0.15) is 0 Å². The van der Waals surface area contributed by atoms with E-state index in [2.05, 4.69) is 21.0 Å². The Morgan fingerprint density at radius 3 is 2.70 bits per heavy atom. The zero-order valence-corrected chi connectivity index (χ0v) is 12.6. The molecule has 5 heteroatoms. The molecule has 0 saturated carbocycles. The maximum Gasteiger partial charge on any atom is 0.406 e. The molecule has 112 valence electrons. The average Bonchev–Trinajstić information content (AvgIpc) is 2.75. The highest BCUT2D eigenvalue weighted by Gasteiger charge is 2.20. The van der Waals surface area contributed by atoms with Crippen molar-refractivity contribution in [2.45, 2.75) is 33.2 Å². The van der Waals surface area contributed by atoms with Gasteiger partial charge in [0.2, 0.25) is 0 Å². The van der Waals surface area contributed by atoms with Crippen molar-refractivity contribution < 1.29 is 13.9 Å². The highest BCUT2D eigenvalue weighted by Crippen LogP contribution is 2.21. The van der Waals surface area contributed by atoms with Crippen molar-refractivity contribution in [3.8, 4) is 0 Å². The second-order valence-electron chi connectivity index (χ2n) is 5.53. The molecule has 0 atom stereocenters. The lowest BCUT2D eigenvalue weighted by atomic mass is 9.96. The maximum absolute atomic E-state index is 11.0. The topological polar surface area (TPSA) is 54.7 Å². The number of nitrogens with zero attached hydrogens (tertiary/aromatic N) is 1. The van der Waals surface area contributed by atoms with Crippen LogP contribution in [0.4, 0.5) is 4.79 Å². The quantitative estimate of drug-likeness (QED) is 0.920. The number of alkyl carbamates (subject to hydrolysis) is 1. The van der Waals surface area contributed by atoms with E-state index in [-0.39, 0.29) is 6.09 Å². The van der Waals surface area contributed by atoms with Crippen LogP contribution >= 0.6 is 0 Å². The summed E-state index contributed by atoms with van der Waals surface area (Å²) < 4.78 is 10.2. The number of likely N-dealkylation sites (tertiary alicyclic amines) is 1. The third-order valence-corrected chi connectivity index (χ3v) is 3.97. The molecule has 1 N–H and O–H groups in total. The van der Waals surface area contributed by atoms with Crippen molar-refractivity contribution >= 4 is 6.09 Å². The summed E-state index contributed by atoms with van der Waals surface area (Å²) in [6.07, 6.45) is 1.89. The predicted octanol–water partition coefficient (Wildman–Crippen LogP) is 2.46. The molecule has 1 saturated heterocycles. The molecule has 20 heavy (non-hydrogen) atoms. The monoisotopic (exact) mass is 280 g/mol. The van der Waals surface area contributed by atoms with E-state index in [0.29, 0.717) is 12.5 Å². The van der Waals surface area contributed by atoms with E-state index in [1.54, 1.807) is 0 Å². The molecule has 2 rings (SSSR count). The van der Waals surface area contributed by atoms with Crippen LogP contribution in [0.1, 0.15) is 29.9 Å². The van der Waals surface area contributed by atoms with Crippen LogP contribution < -0.4 is 5.32 Å². The Labute approximate surface area is 120 Å². The smallest absolute Gasteiger partial charge is 0.406 e. The molecule has 0 radical (unpaired) electrons. The Morgan fingerprint density at radius 2 is 2.15 bits per heavy atom. The van der Waals surface area contributed by atoms with Gasteiger partial charge in [0.05, 0.1) is 7.11 Å². The summed E-state index contributed by atoms with van der Waals surface area (Å²) in [5.74, 6) is 2.56. The van der Waals surface area contributed by atoms with Crippen LogP contribution in [0, 0.1) is 19.8 Å². The van der Waals surface area contributed by atoms with E-state index in [0.717, 1.165) is 44.0 Å². The Hall–Kier alpha value is -1.49. The summed E-state index contributed by atoms with van der Waals surface area (Å²) in [6, 6.07) is 2.13. The first-order chi connectivity index (χ1) is 9.58. The van der Waals surface area contributed by atoms with Gasteiger partial charge in [-0.1, -0.05) is 0 Å². The number of rotatable bonds is 4. The van der Waals surface area contributed by atoms with Gasteiger partial charge in [0, 0.05) is 18.7 Å². The Kier molecular flexibility index (Phi) is 5.06. The molecule has 1 aliphatic rings. The normalized spacial score (nSPS) is 17.1. The highest BCUT2D eigenvalue weighted by atomic mass is 16.5. The van der Waals surface area contributed by atoms with E-state index in [1.165, 1.54) is 12.7 Å². The molecule has 0 aromatic carbocycles. The van der Waals surface area contributed by atoms with E-state index < -0.39 is 0 Å². The van der Waals surface area contributed by atoms with Crippen molar-refractivity contribution in [3.05, 3.63) is 23.2 Å². The van der Waals surface area contributed by atoms with Crippen LogP contribution in [0.25, 0.3) is 0 Å². The van der Waals surface area contributed by atoms with Crippen molar-refractivity contribution in [2.75, 3.05) is 26.7 Å². The fourth-order valence-electron chi connectivity index (χ4n) is 2.73. The first-order valence-corrected chi connectivity index (χ1v) is 7.18. The van der Waals surface area contributed by atoms with Crippen LogP contribution in [0.5, 0.6) is 0 Å². The molecule has 2 heterocycles. The lowest BCUT2D eigenvalue weighted by Gasteiger charge is -2.31. The Balaban J connectivity index is 1.74. The van der Waals surface area contributed by atoms with Crippen molar-refractivity contribution in [2.24, 2.45) is 5.92 Å². The molecule has 0 aliphatic carbocycles. The van der Waals surface area contributed by atoms with Gasteiger partial charge in [0.25, 0.3) is 0 Å². The molecule has 1 amide bonds. The van der Waals surface area contributed by atoms with Crippen molar-refractivity contribution in [1.82, 2.24) is 10.2 Å². The summed E-state index contributed by atoms with van der Waals surface area (Å²) in [5.41, 5.74) is 1.29. The predicted molar refractivity (Wildman–Crippen MR) is 76.6 cm³/mol. The SMILES string of the molecule is COC(=O)NCC1CCN(Cc2cc(C)oc2C)CC1. The number of hydrogen-bond acceptors (Lipinski definition) is 4. The molecule has 1 fully saturated rings. The van der Waals surface area contributed by atoms with Gasteiger partial charge in [-0.15, -0.1) is 0 Å². The molecular formula is C15H24N2O3. The average molecular weight is 280 g/mol. The van der Waals surface area contributed by atoms with E-state index in [4.69, 9.17) is 4.42 Å². The van der Waals surface area contributed by atoms with Crippen molar-refractivity contribution in [1.29, 1.82) is 0 Å². The molecule has 0 unspecified atom stereocenters. The van der Waals surface area contributed by atoms with Gasteiger partial charge in [-0.25, -0.2) is 4.79 Å². The Bertz CT molecular complexity index is 448. The summed E-state index contributed by atoms with van der Waals surface area (Å²) in [7, 11) is 1.40. The number of aryl methyl sites for hydroxylation is 2. The number of ether oxygens (including phenoxy) is 1. The van der Waals surface area contributed by atoms with Gasteiger partial charge in [-0.05, 0) is 51.8 Å². The molecule has 1 aromatic heterocycles. The number of furan rings is 1. The molecule has 5 nitrogen and oxygen atoms in total. The number of carbonyl (C=O) groups excluding carboxylic acids is 1. The van der Waals surface area contributed by atoms with Gasteiger partial charge in [0.15, 0.2) is 0 Å². The van der Waals surface area contributed by atoms with E-state index >= 15 is 0 Å². The van der Waals surface area contributed by atoms with E-state index in [1.807, 2.05) is 13.8 Å². The summed E-state index contributed by atoms with van der Waals surface area (Å²) >= 11 is 0. The van der Waals surface area contributed by atoms with Gasteiger partial charge in [-0.3, -0.25) is 4.90 Å². The fourth-order valence-corrected chi connectivity index (χ4v) is 2.73. The first kappa shape index (κ1) is 14.9. The van der Waals surface area contributed by atoms with Gasteiger partial charge < -0.3 is 14.5 Å². The number of carbonyl (C=O) groups is 1. The minimum atomic E-state index is -0.336. The minimum Gasteiger partial charge on any atom is -0.466 e. The number of piperidine rings is 1. The third kappa shape index (κ3) is 4.00. The van der Waals surface area contributed by atoms with E-state index in [9.17, 15) is 4.79 Å². The zero-order chi connectivity index (χ0) is 14.5. The fraction of sp³-hybridized carbons (Fsp3) is 0.667. The number of methoxy groups -OCH3 is 1. The lowest BCUT2D eigenvalue weighted by molar-refractivity contribution is 0.155. The summed E-state index contributed by atoms with van der Waals surface area (Å²) in [6.45, 7) is 7.82. The van der Waals surface area contributed by atoms with Crippen LogP contribution in [0.15, 0.2) is 10.5 Å². The van der Waals surface area contributed by atoms with Gasteiger partial charge in [0.1, 0.15) is 11.5 Å². The molecule has 1 aliphatic heterocycles. The van der Waals surface area contributed by atoms with Crippen LogP contribution in [0.2, 0.25) is 0 Å². The van der Waals surface area contributed by atoms with Crippen LogP contribution in [-0.4, -0.2) is 37.7 Å². The number of nitrogens with one attached hydrogen (secondary N) is 1. The largest absolute Gasteiger partial charge is 0.466 e. The second kappa shape index (κ2) is 6.79. The number of amides is 1. The second-order valence-corrected chi connectivity index (χ2v) is 5.53. The first-order valence-electron chi connectivity index (χ1n) is 7.18. The van der Waals surface area contributed by atoms with Crippen molar-refractivity contribution in [3.63, 3.8) is 0 Å². The molecule has 1 aromatic rings. The zero-order valence-electron chi connectivity index (χ0n) is 12.6. The molecular weight excluding hydrogens is 256 g/mol.